The van der Waals surface area contributed by atoms with Crippen molar-refractivity contribution in [2.45, 2.75) is 13.5 Å². The predicted molar refractivity (Wildman–Crippen MR) is 76.5 cm³/mol. The number of hydrogen-bond donors (Lipinski definition) is 1. The molecule has 0 atom stereocenters. The Balaban J connectivity index is 2.31. The van der Waals surface area contributed by atoms with Crippen LogP contribution in [-0.4, -0.2) is 11.5 Å². The molecule has 2 rings (SSSR count). The molecule has 2 aromatic rings. The number of nitriles is 1. The monoisotopic (exact) mass is 252 g/mol. The smallest absolute Gasteiger partial charge is 0.101 e. The Morgan fingerprint density at radius 3 is 2.63 bits per heavy atom. The Labute approximate surface area is 113 Å². The van der Waals surface area contributed by atoms with Gasteiger partial charge in [-0.15, -0.1) is 0 Å². The molecule has 0 aliphatic carbocycles. The van der Waals surface area contributed by atoms with E-state index in [1.807, 2.05) is 24.3 Å². The molecule has 96 valence electrons. The Hall–Kier alpha value is -2.54. The third-order valence-electron chi connectivity index (χ3n) is 3.05. The first kappa shape index (κ1) is 12.9. The summed E-state index contributed by atoms with van der Waals surface area (Å²) in [6.07, 6.45) is 3.55. The lowest BCUT2D eigenvalue weighted by Gasteiger charge is -2.25. The summed E-state index contributed by atoms with van der Waals surface area (Å²) in [7, 11) is 0. The minimum Gasteiger partial charge on any atom is -0.396 e. The van der Waals surface area contributed by atoms with Crippen molar-refractivity contribution in [3.05, 3.63) is 53.9 Å². The summed E-state index contributed by atoms with van der Waals surface area (Å²) in [6, 6.07) is 11.6. The molecule has 19 heavy (non-hydrogen) atoms. The molecule has 4 nitrogen and oxygen atoms in total. The van der Waals surface area contributed by atoms with Crippen molar-refractivity contribution in [3.8, 4) is 6.07 Å². The molecule has 0 aliphatic heterocycles. The summed E-state index contributed by atoms with van der Waals surface area (Å²) in [6.45, 7) is 3.64. The summed E-state index contributed by atoms with van der Waals surface area (Å²) < 4.78 is 0. The molecule has 0 saturated heterocycles. The quantitative estimate of drug-likeness (QED) is 0.849. The highest BCUT2D eigenvalue weighted by Gasteiger charge is 2.11. The first-order valence-electron chi connectivity index (χ1n) is 6.18. The SMILES string of the molecule is CCN(Cc1ccncc1)c1cccc(C#N)c1N. The van der Waals surface area contributed by atoms with E-state index >= 15 is 0 Å². The molecule has 0 aliphatic rings. The highest BCUT2D eigenvalue weighted by molar-refractivity contribution is 5.73. The normalized spacial score (nSPS) is 9.89. The Bertz CT molecular complexity index is 587. The number of benzene rings is 1. The molecule has 1 heterocycles. The molecule has 0 amide bonds. The van der Waals surface area contributed by atoms with Crippen LogP contribution < -0.4 is 10.6 Å². The second kappa shape index (κ2) is 5.87. The number of aromatic nitrogens is 1. The van der Waals surface area contributed by atoms with E-state index in [-0.39, 0.29) is 0 Å². The lowest BCUT2D eigenvalue weighted by atomic mass is 10.1. The maximum Gasteiger partial charge on any atom is 0.101 e. The number of para-hydroxylation sites is 1. The van der Waals surface area contributed by atoms with Crippen molar-refractivity contribution in [1.29, 1.82) is 5.26 Å². The maximum absolute atomic E-state index is 9.03. The van der Waals surface area contributed by atoms with Crippen LogP contribution in [0.3, 0.4) is 0 Å². The summed E-state index contributed by atoms with van der Waals surface area (Å²) in [5, 5.41) is 9.03. The van der Waals surface area contributed by atoms with Gasteiger partial charge in [0.05, 0.1) is 16.9 Å². The van der Waals surface area contributed by atoms with Crippen LogP contribution >= 0.6 is 0 Å². The van der Waals surface area contributed by atoms with E-state index in [2.05, 4.69) is 22.9 Å². The first-order chi connectivity index (χ1) is 9.26. The van der Waals surface area contributed by atoms with Gasteiger partial charge in [0.25, 0.3) is 0 Å². The molecule has 2 N–H and O–H groups in total. The predicted octanol–water partition coefficient (Wildman–Crippen LogP) is 2.56. The molecule has 0 unspecified atom stereocenters. The van der Waals surface area contributed by atoms with Gasteiger partial charge >= 0.3 is 0 Å². The summed E-state index contributed by atoms with van der Waals surface area (Å²) in [4.78, 5) is 6.15. The first-order valence-corrected chi connectivity index (χ1v) is 6.18. The maximum atomic E-state index is 9.03. The van der Waals surface area contributed by atoms with Crippen LogP contribution in [0.4, 0.5) is 11.4 Å². The van der Waals surface area contributed by atoms with Crippen LogP contribution in [0.2, 0.25) is 0 Å². The van der Waals surface area contributed by atoms with Gasteiger partial charge in [0.1, 0.15) is 6.07 Å². The van der Waals surface area contributed by atoms with Gasteiger partial charge in [-0.3, -0.25) is 4.98 Å². The molecule has 0 spiro atoms. The second-order valence-electron chi connectivity index (χ2n) is 4.22. The Morgan fingerprint density at radius 1 is 1.26 bits per heavy atom. The summed E-state index contributed by atoms with van der Waals surface area (Å²) in [5.41, 5.74) is 9.18. The van der Waals surface area contributed by atoms with Crippen molar-refractivity contribution in [2.24, 2.45) is 0 Å². The van der Waals surface area contributed by atoms with Crippen molar-refractivity contribution < 1.29 is 0 Å². The average molecular weight is 252 g/mol. The Kier molecular flexibility index (Phi) is 3.99. The molecule has 0 saturated carbocycles. The summed E-state index contributed by atoms with van der Waals surface area (Å²) in [5.74, 6) is 0. The number of pyridine rings is 1. The lowest BCUT2D eigenvalue weighted by Crippen LogP contribution is -2.23. The van der Waals surface area contributed by atoms with Crippen LogP contribution in [-0.2, 0) is 6.54 Å². The van der Waals surface area contributed by atoms with Crippen LogP contribution in [0.5, 0.6) is 0 Å². The minimum absolute atomic E-state index is 0.519. The van der Waals surface area contributed by atoms with Gasteiger partial charge in [0.2, 0.25) is 0 Å². The third kappa shape index (κ3) is 2.83. The number of nitrogens with two attached hydrogens (primary N) is 1. The van der Waals surface area contributed by atoms with Gasteiger partial charge in [-0.25, -0.2) is 0 Å². The van der Waals surface area contributed by atoms with Crippen LogP contribution in [0.15, 0.2) is 42.7 Å². The summed E-state index contributed by atoms with van der Waals surface area (Å²) >= 11 is 0. The van der Waals surface area contributed by atoms with E-state index in [9.17, 15) is 0 Å². The van der Waals surface area contributed by atoms with Crippen molar-refractivity contribution in [3.63, 3.8) is 0 Å². The van der Waals surface area contributed by atoms with E-state index in [1.165, 1.54) is 5.56 Å². The average Bonchev–Trinajstić information content (AvgIpc) is 2.46. The van der Waals surface area contributed by atoms with Gasteiger partial charge < -0.3 is 10.6 Å². The van der Waals surface area contributed by atoms with Gasteiger partial charge in [-0.1, -0.05) is 6.07 Å². The highest BCUT2D eigenvalue weighted by atomic mass is 15.1. The van der Waals surface area contributed by atoms with Crippen LogP contribution in [0.25, 0.3) is 0 Å². The molecular weight excluding hydrogens is 236 g/mol. The molecular formula is C15H16N4. The molecule has 0 bridgehead atoms. The molecule has 0 fully saturated rings. The lowest BCUT2D eigenvalue weighted by molar-refractivity contribution is 0.831. The highest BCUT2D eigenvalue weighted by Crippen LogP contribution is 2.27. The fourth-order valence-corrected chi connectivity index (χ4v) is 2.00. The zero-order valence-electron chi connectivity index (χ0n) is 10.9. The minimum atomic E-state index is 0.519. The van der Waals surface area contributed by atoms with Crippen molar-refractivity contribution >= 4 is 11.4 Å². The van der Waals surface area contributed by atoms with Gasteiger partial charge in [0, 0.05) is 25.5 Å². The topological polar surface area (TPSA) is 65.9 Å². The molecule has 1 aromatic carbocycles. The number of hydrogen-bond acceptors (Lipinski definition) is 4. The Morgan fingerprint density at radius 2 is 2.00 bits per heavy atom. The zero-order chi connectivity index (χ0) is 13.7. The van der Waals surface area contributed by atoms with Crippen LogP contribution in [0.1, 0.15) is 18.1 Å². The van der Waals surface area contributed by atoms with E-state index < -0.39 is 0 Å². The van der Waals surface area contributed by atoms with Gasteiger partial charge in [-0.2, -0.15) is 5.26 Å². The fourth-order valence-electron chi connectivity index (χ4n) is 2.00. The standard InChI is InChI=1S/C15H16N4/c1-2-19(11-12-6-8-18-9-7-12)14-5-3-4-13(10-16)15(14)17/h3-9H,2,11,17H2,1H3. The van der Waals surface area contributed by atoms with E-state index in [0.717, 1.165) is 18.8 Å². The second-order valence-corrected chi connectivity index (χ2v) is 4.22. The number of nitrogen functional groups attached to an aromatic ring is 1. The van der Waals surface area contributed by atoms with E-state index in [4.69, 9.17) is 11.0 Å². The molecule has 1 aromatic heterocycles. The molecule has 4 heteroatoms. The largest absolute Gasteiger partial charge is 0.396 e. The zero-order valence-corrected chi connectivity index (χ0v) is 10.9. The number of nitrogens with zero attached hydrogens (tertiary/aromatic N) is 3. The van der Waals surface area contributed by atoms with Gasteiger partial charge in [-0.05, 0) is 36.8 Å². The van der Waals surface area contributed by atoms with Crippen molar-refractivity contribution in [2.75, 3.05) is 17.2 Å². The van der Waals surface area contributed by atoms with E-state index in [0.29, 0.717) is 11.3 Å². The van der Waals surface area contributed by atoms with Gasteiger partial charge in [0.15, 0.2) is 0 Å². The fraction of sp³-hybridized carbons (Fsp3) is 0.200. The van der Waals surface area contributed by atoms with Crippen molar-refractivity contribution in [1.82, 2.24) is 4.98 Å². The van der Waals surface area contributed by atoms with Crippen LogP contribution in [0, 0.1) is 11.3 Å². The number of rotatable bonds is 4. The van der Waals surface area contributed by atoms with E-state index in [1.54, 1.807) is 18.5 Å². The number of anilines is 2. The molecule has 0 radical (unpaired) electrons. The third-order valence-corrected chi connectivity index (χ3v) is 3.05.